The second-order valence-corrected chi connectivity index (χ2v) is 8.80. The van der Waals surface area contributed by atoms with Crippen molar-refractivity contribution < 1.29 is 18.7 Å². The number of nitrogens with one attached hydrogen (secondary N) is 1. The van der Waals surface area contributed by atoms with Gasteiger partial charge in [-0.25, -0.2) is 0 Å². The maximum absolute atomic E-state index is 13.0. The Bertz CT molecular complexity index is 1310. The number of aryl methyl sites for hydroxylation is 1. The first-order valence-electron chi connectivity index (χ1n) is 11.6. The van der Waals surface area contributed by atoms with Crippen LogP contribution in [0.2, 0.25) is 0 Å². The standard InChI is InChI=1S/C28H26N2O4/c1-18-6-15-26-24(16-18)30-28(34-26)29-22-13-11-20(12-14-22)19-7-9-21(10-8-19)27(32)23-4-2-3-5-25(23)33-17-31/h6-17,23,25H,2-5H2,1H3,(H,29,30). The third-order valence-corrected chi connectivity index (χ3v) is 6.45. The smallest absolute Gasteiger partial charge is 0.300 e. The Balaban J connectivity index is 1.27. The van der Waals surface area contributed by atoms with Crippen molar-refractivity contribution in [3.63, 3.8) is 0 Å². The number of oxazole rings is 1. The number of aromatic nitrogens is 1. The van der Waals surface area contributed by atoms with Gasteiger partial charge in [-0.15, -0.1) is 0 Å². The number of Topliss-reactive ketones (excluding diaryl/α,β-unsaturated/α-hetero) is 1. The predicted octanol–water partition coefficient (Wildman–Crippen LogP) is 6.46. The zero-order valence-corrected chi connectivity index (χ0v) is 19.0. The van der Waals surface area contributed by atoms with Gasteiger partial charge < -0.3 is 14.5 Å². The van der Waals surface area contributed by atoms with Crippen LogP contribution in [0.25, 0.3) is 22.2 Å². The summed E-state index contributed by atoms with van der Waals surface area (Å²) < 4.78 is 11.0. The van der Waals surface area contributed by atoms with E-state index in [0.717, 1.165) is 59.2 Å². The van der Waals surface area contributed by atoms with Crippen LogP contribution in [0.15, 0.2) is 71.1 Å². The Morgan fingerprint density at radius 1 is 1.00 bits per heavy atom. The number of carbonyl (C=O) groups is 2. The Morgan fingerprint density at radius 2 is 1.71 bits per heavy atom. The first-order chi connectivity index (χ1) is 16.6. The SMILES string of the molecule is Cc1ccc2oc(Nc3ccc(-c4ccc(C(=O)C5CCCCC5OC=O)cc4)cc3)nc2c1. The summed E-state index contributed by atoms with van der Waals surface area (Å²) in [5.41, 5.74) is 6.29. The fraction of sp³-hybridized carbons (Fsp3) is 0.250. The quantitative estimate of drug-likeness (QED) is 0.255. The van der Waals surface area contributed by atoms with Gasteiger partial charge in [0.1, 0.15) is 11.6 Å². The molecule has 1 heterocycles. The summed E-state index contributed by atoms with van der Waals surface area (Å²) in [6, 6.07) is 22.0. The molecule has 1 aliphatic carbocycles. The minimum Gasteiger partial charge on any atom is -0.464 e. The lowest BCUT2D eigenvalue weighted by molar-refractivity contribution is -0.136. The molecule has 1 aromatic heterocycles. The Kier molecular flexibility index (Phi) is 6.12. The summed E-state index contributed by atoms with van der Waals surface area (Å²) in [5, 5.41) is 3.21. The van der Waals surface area contributed by atoms with E-state index in [1.54, 1.807) is 0 Å². The van der Waals surface area contributed by atoms with Gasteiger partial charge in [-0.05, 0) is 67.1 Å². The molecular formula is C28H26N2O4. The van der Waals surface area contributed by atoms with Crippen molar-refractivity contribution >= 4 is 35.1 Å². The second kappa shape index (κ2) is 9.51. The van der Waals surface area contributed by atoms with Gasteiger partial charge >= 0.3 is 0 Å². The number of ketones is 1. The average molecular weight is 455 g/mol. The molecule has 0 spiro atoms. The molecule has 1 saturated carbocycles. The minimum atomic E-state index is -0.316. The lowest BCUT2D eigenvalue weighted by Gasteiger charge is -2.28. The van der Waals surface area contributed by atoms with E-state index < -0.39 is 0 Å². The molecule has 5 rings (SSSR count). The summed E-state index contributed by atoms with van der Waals surface area (Å²) >= 11 is 0. The van der Waals surface area contributed by atoms with E-state index >= 15 is 0 Å². The maximum atomic E-state index is 13.0. The highest BCUT2D eigenvalue weighted by molar-refractivity contribution is 5.98. The molecule has 2 unspecified atom stereocenters. The van der Waals surface area contributed by atoms with Crippen LogP contribution in [-0.4, -0.2) is 23.3 Å². The monoisotopic (exact) mass is 454 g/mol. The Labute approximate surface area is 198 Å². The third-order valence-electron chi connectivity index (χ3n) is 6.45. The molecule has 0 bridgehead atoms. The number of hydrogen-bond acceptors (Lipinski definition) is 6. The van der Waals surface area contributed by atoms with E-state index in [-0.39, 0.29) is 17.8 Å². The number of ether oxygens (including phenoxy) is 1. The fourth-order valence-corrected chi connectivity index (χ4v) is 4.63. The number of fused-ring (bicyclic) bond motifs is 1. The van der Waals surface area contributed by atoms with Crippen LogP contribution >= 0.6 is 0 Å². The molecule has 6 heteroatoms. The topological polar surface area (TPSA) is 81.4 Å². The van der Waals surface area contributed by atoms with E-state index in [2.05, 4.69) is 10.3 Å². The number of nitrogens with zero attached hydrogens (tertiary/aromatic N) is 1. The lowest BCUT2D eigenvalue weighted by Crippen LogP contribution is -2.33. The predicted molar refractivity (Wildman–Crippen MR) is 131 cm³/mol. The van der Waals surface area contributed by atoms with Crippen LogP contribution in [0, 0.1) is 12.8 Å². The van der Waals surface area contributed by atoms with Gasteiger partial charge in [0, 0.05) is 11.3 Å². The third kappa shape index (κ3) is 4.57. The van der Waals surface area contributed by atoms with Crippen LogP contribution in [0.5, 0.6) is 0 Å². The number of anilines is 2. The first-order valence-corrected chi connectivity index (χ1v) is 11.6. The van der Waals surface area contributed by atoms with Gasteiger partial charge in [0.2, 0.25) is 0 Å². The Hall–Kier alpha value is -3.93. The van der Waals surface area contributed by atoms with E-state index in [1.165, 1.54) is 0 Å². The Morgan fingerprint density at radius 3 is 2.44 bits per heavy atom. The van der Waals surface area contributed by atoms with Crippen molar-refractivity contribution in [3.8, 4) is 11.1 Å². The van der Waals surface area contributed by atoms with Crippen LogP contribution in [0.1, 0.15) is 41.6 Å². The molecular weight excluding hydrogens is 428 g/mol. The lowest BCUT2D eigenvalue weighted by atomic mass is 9.81. The van der Waals surface area contributed by atoms with Crippen LogP contribution in [-0.2, 0) is 9.53 Å². The van der Waals surface area contributed by atoms with Crippen molar-refractivity contribution in [2.75, 3.05) is 5.32 Å². The van der Waals surface area contributed by atoms with E-state index in [0.29, 0.717) is 18.1 Å². The normalized spacial score (nSPS) is 17.9. The first kappa shape index (κ1) is 21.9. The molecule has 2 atom stereocenters. The summed E-state index contributed by atoms with van der Waals surface area (Å²) in [5.74, 6) is -0.211. The molecule has 34 heavy (non-hydrogen) atoms. The molecule has 0 radical (unpaired) electrons. The molecule has 1 fully saturated rings. The zero-order chi connectivity index (χ0) is 23.5. The summed E-state index contributed by atoms with van der Waals surface area (Å²) in [6.45, 7) is 2.49. The fourth-order valence-electron chi connectivity index (χ4n) is 4.63. The number of carbonyl (C=O) groups excluding carboxylic acids is 2. The maximum Gasteiger partial charge on any atom is 0.300 e. The molecule has 0 aliphatic heterocycles. The number of benzene rings is 3. The van der Waals surface area contributed by atoms with Crippen molar-refractivity contribution in [2.45, 2.75) is 38.7 Å². The molecule has 1 aliphatic rings. The van der Waals surface area contributed by atoms with Gasteiger partial charge in [-0.2, -0.15) is 4.98 Å². The molecule has 0 amide bonds. The van der Waals surface area contributed by atoms with Crippen molar-refractivity contribution in [1.82, 2.24) is 4.98 Å². The molecule has 1 N–H and O–H groups in total. The van der Waals surface area contributed by atoms with Crippen LogP contribution < -0.4 is 5.32 Å². The number of hydrogen-bond donors (Lipinski definition) is 1. The van der Waals surface area contributed by atoms with E-state index in [9.17, 15) is 9.59 Å². The van der Waals surface area contributed by atoms with Gasteiger partial charge in [0.15, 0.2) is 11.4 Å². The van der Waals surface area contributed by atoms with Crippen LogP contribution in [0.4, 0.5) is 11.7 Å². The highest BCUT2D eigenvalue weighted by Gasteiger charge is 2.32. The van der Waals surface area contributed by atoms with Crippen molar-refractivity contribution in [3.05, 3.63) is 77.9 Å². The molecule has 172 valence electrons. The van der Waals surface area contributed by atoms with E-state index in [1.807, 2.05) is 73.7 Å². The molecule has 0 saturated heterocycles. The van der Waals surface area contributed by atoms with Crippen molar-refractivity contribution in [1.29, 1.82) is 0 Å². The van der Waals surface area contributed by atoms with Gasteiger partial charge in [0.25, 0.3) is 12.5 Å². The summed E-state index contributed by atoms with van der Waals surface area (Å²) in [4.78, 5) is 28.3. The zero-order valence-electron chi connectivity index (χ0n) is 19.0. The minimum absolute atomic E-state index is 0.0474. The van der Waals surface area contributed by atoms with E-state index in [4.69, 9.17) is 9.15 Å². The van der Waals surface area contributed by atoms with Gasteiger partial charge in [-0.3, -0.25) is 9.59 Å². The van der Waals surface area contributed by atoms with Gasteiger partial charge in [0.05, 0.1) is 5.92 Å². The summed E-state index contributed by atoms with van der Waals surface area (Å²) in [7, 11) is 0. The van der Waals surface area contributed by atoms with Crippen molar-refractivity contribution in [2.24, 2.45) is 5.92 Å². The molecule has 4 aromatic rings. The largest absolute Gasteiger partial charge is 0.464 e. The van der Waals surface area contributed by atoms with Crippen LogP contribution in [0.3, 0.4) is 0 Å². The highest BCUT2D eigenvalue weighted by Crippen LogP contribution is 2.31. The number of rotatable bonds is 7. The molecule has 3 aromatic carbocycles. The summed E-state index contributed by atoms with van der Waals surface area (Å²) in [6.07, 6.45) is 3.16. The average Bonchev–Trinajstić information content (AvgIpc) is 3.26. The highest BCUT2D eigenvalue weighted by atomic mass is 16.5. The van der Waals surface area contributed by atoms with Gasteiger partial charge in [-0.1, -0.05) is 48.9 Å². The second-order valence-electron chi connectivity index (χ2n) is 8.80. The molecule has 6 nitrogen and oxygen atoms in total.